The predicted octanol–water partition coefficient (Wildman–Crippen LogP) is 5.66. The van der Waals surface area contributed by atoms with E-state index in [9.17, 15) is 13.9 Å². The van der Waals surface area contributed by atoms with Crippen molar-refractivity contribution in [2.24, 2.45) is 0 Å². The van der Waals surface area contributed by atoms with Crippen LogP contribution in [0.4, 0.5) is 8.78 Å². The van der Waals surface area contributed by atoms with E-state index in [1.165, 1.54) is 30.3 Å². The average molecular weight is 349 g/mol. The third-order valence-corrected chi connectivity index (χ3v) is 4.08. The Hall–Kier alpha value is -3.47. The number of benzene rings is 3. The van der Waals surface area contributed by atoms with E-state index in [4.69, 9.17) is 4.52 Å². The minimum Gasteiger partial charge on any atom is -0.508 e. The van der Waals surface area contributed by atoms with E-state index in [-0.39, 0.29) is 17.0 Å². The van der Waals surface area contributed by atoms with Gasteiger partial charge in [0.05, 0.1) is 11.1 Å². The van der Waals surface area contributed by atoms with Crippen LogP contribution in [-0.4, -0.2) is 10.3 Å². The van der Waals surface area contributed by atoms with Crippen molar-refractivity contribution >= 4 is 0 Å². The van der Waals surface area contributed by atoms with E-state index >= 15 is 0 Å². The molecular weight excluding hydrogens is 336 g/mol. The number of hydrogen-bond donors (Lipinski definition) is 1. The molecule has 0 aliphatic carbocycles. The van der Waals surface area contributed by atoms with E-state index < -0.39 is 11.6 Å². The van der Waals surface area contributed by atoms with Crippen molar-refractivity contribution in [3.8, 4) is 39.5 Å². The summed E-state index contributed by atoms with van der Waals surface area (Å²) in [6.07, 6.45) is 0. The lowest BCUT2D eigenvalue weighted by Gasteiger charge is -2.07. The van der Waals surface area contributed by atoms with E-state index in [0.29, 0.717) is 16.9 Å². The number of phenolic OH excluding ortho intramolecular Hbond substituents is 1. The molecule has 4 rings (SSSR count). The van der Waals surface area contributed by atoms with Gasteiger partial charge >= 0.3 is 0 Å². The molecule has 0 atom stereocenters. The SMILES string of the molecule is Oc1ccc(-c2onc(-c3c(F)cccc3F)c2-c2ccccc2)cc1. The maximum atomic E-state index is 14.3. The van der Waals surface area contributed by atoms with Crippen LogP contribution >= 0.6 is 0 Å². The van der Waals surface area contributed by atoms with Crippen LogP contribution in [0.3, 0.4) is 0 Å². The van der Waals surface area contributed by atoms with Crippen molar-refractivity contribution in [3.05, 3.63) is 84.4 Å². The number of aromatic nitrogens is 1. The molecule has 0 aliphatic heterocycles. The standard InChI is InChI=1S/C21H13F2NO2/c22-16-7-4-8-17(23)19(16)20-18(13-5-2-1-3-6-13)21(26-24-20)14-9-11-15(25)12-10-14/h1-12,25H. The van der Waals surface area contributed by atoms with Crippen LogP contribution in [-0.2, 0) is 0 Å². The Morgan fingerprint density at radius 2 is 1.35 bits per heavy atom. The Labute approximate surface area is 148 Å². The Kier molecular flexibility index (Phi) is 3.97. The molecule has 0 unspecified atom stereocenters. The number of phenols is 1. The van der Waals surface area contributed by atoms with Gasteiger partial charge in [0.25, 0.3) is 0 Å². The topological polar surface area (TPSA) is 46.3 Å². The highest BCUT2D eigenvalue weighted by Gasteiger charge is 2.24. The molecule has 0 aliphatic rings. The Bertz CT molecular complexity index is 1040. The Balaban J connectivity index is 2.01. The molecule has 5 heteroatoms. The first-order valence-corrected chi connectivity index (χ1v) is 7.94. The molecule has 1 N–H and O–H groups in total. The molecule has 0 fully saturated rings. The molecule has 26 heavy (non-hydrogen) atoms. The fourth-order valence-electron chi connectivity index (χ4n) is 2.87. The van der Waals surface area contributed by atoms with Crippen LogP contribution in [0.5, 0.6) is 5.75 Å². The molecule has 0 saturated carbocycles. The van der Waals surface area contributed by atoms with Gasteiger partial charge in [-0.15, -0.1) is 0 Å². The second kappa shape index (κ2) is 6.44. The molecule has 0 radical (unpaired) electrons. The third kappa shape index (κ3) is 2.73. The molecule has 1 heterocycles. The molecule has 4 aromatic rings. The summed E-state index contributed by atoms with van der Waals surface area (Å²) >= 11 is 0. The van der Waals surface area contributed by atoms with Crippen molar-refractivity contribution in [3.63, 3.8) is 0 Å². The molecule has 3 aromatic carbocycles. The monoisotopic (exact) mass is 349 g/mol. The summed E-state index contributed by atoms with van der Waals surface area (Å²) in [5.74, 6) is -0.954. The summed E-state index contributed by atoms with van der Waals surface area (Å²) in [6.45, 7) is 0. The van der Waals surface area contributed by atoms with Gasteiger partial charge in [0.1, 0.15) is 23.1 Å². The summed E-state index contributed by atoms with van der Waals surface area (Å²) in [4.78, 5) is 0. The zero-order valence-electron chi connectivity index (χ0n) is 13.5. The Morgan fingerprint density at radius 3 is 2.00 bits per heavy atom. The number of rotatable bonds is 3. The molecule has 3 nitrogen and oxygen atoms in total. The molecule has 0 spiro atoms. The molecule has 0 bridgehead atoms. The van der Waals surface area contributed by atoms with E-state index in [1.54, 1.807) is 12.1 Å². The first-order chi connectivity index (χ1) is 12.6. The predicted molar refractivity (Wildman–Crippen MR) is 94.4 cm³/mol. The number of aromatic hydroxyl groups is 1. The fraction of sp³-hybridized carbons (Fsp3) is 0. The lowest BCUT2D eigenvalue weighted by molar-refractivity contribution is 0.433. The van der Waals surface area contributed by atoms with Crippen molar-refractivity contribution in [1.29, 1.82) is 0 Å². The van der Waals surface area contributed by atoms with Crippen molar-refractivity contribution in [2.45, 2.75) is 0 Å². The zero-order chi connectivity index (χ0) is 18.1. The molecule has 1 aromatic heterocycles. The smallest absolute Gasteiger partial charge is 0.175 e. The number of hydrogen-bond acceptors (Lipinski definition) is 3. The van der Waals surface area contributed by atoms with E-state index in [0.717, 1.165) is 5.56 Å². The first kappa shape index (κ1) is 16.0. The fourth-order valence-corrected chi connectivity index (χ4v) is 2.87. The summed E-state index contributed by atoms with van der Waals surface area (Å²) in [7, 11) is 0. The van der Waals surface area contributed by atoms with Crippen molar-refractivity contribution in [1.82, 2.24) is 5.16 Å². The zero-order valence-corrected chi connectivity index (χ0v) is 13.5. The summed E-state index contributed by atoms with van der Waals surface area (Å²) in [5.41, 5.74) is 1.70. The molecule has 0 saturated heterocycles. The highest BCUT2D eigenvalue weighted by Crippen LogP contribution is 2.41. The quantitative estimate of drug-likeness (QED) is 0.519. The van der Waals surface area contributed by atoms with Gasteiger partial charge in [0, 0.05) is 5.56 Å². The lowest BCUT2D eigenvalue weighted by atomic mass is 9.96. The van der Waals surface area contributed by atoms with Crippen LogP contribution in [0, 0.1) is 11.6 Å². The van der Waals surface area contributed by atoms with Gasteiger partial charge < -0.3 is 9.63 Å². The maximum Gasteiger partial charge on any atom is 0.175 e. The third-order valence-electron chi connectivity index (χ3n) is 4.08. The second-order valence-electron chi connectivity index (χ2n) is 5.74. The van der Waals surface area contributed by atoms with Gasteiger partial charge in [-0.3, -0.25) is 0 Å². The molecular formula is C21H13F2NO2. The summed E-state index contributed by atoms with van der Waals surface area (Å²) in [5, 5.41) is 13.5. The van der Waals surface area contributed by atoms with Crippen molar-refractivity contribution < 1.29 is 18.4 Å². The van der Waals surface area contributed by atoms with Crippen LogP contribution in [0.25, 0.3) is 33.7 Å². The van der Waals surface area contributed by atoms with Gasteiger partial charge in [0.15, 0.2) is 5.76 Å². The number of nitrogens with zero attached hydrogens (tertiary/aromatic N) is 1. The van der Waals surface area contributed by atoms with Crippen LogP contribution < -0.4 is 0 Å². The van der Waals surface area contributed by atoms with Crippen LogP contribution in [0.15, 0.2) is 77.3 Å². The normalized spacial score (nSPS) is 10.8. The Morgan fingerprint density at radius 1 is 0.692 bits per heavy atom. The minimum absolute atomic E-state index is 0.0925. The van der Waals surface area contributed by atoms with Crippen LogP contribution in [0.1, 0.15) is 0 Å². The molecule has 0 amide bonds. The lowest BCUT2D eigenvalue weighted by Crippen LogP contribution is -1.92. The largest absolute Gasteiger partial charge is 0.508 e. The first-order valence-electron chi connectivity index (χ1n) is 7.94. The van der Waals surface area contributed by atoms with Gasteiger partial charge in [-0.05, 0) is 42.0 Å². The van der Waals surface area contributed by atoms with Gasteiger partial charge in [-0.2, -0.15) is 0 Å². The van der Waals surface area contributed by atoms with Gasteiger partial charge in [-0.25, -0.2) is 8.78 Å². The average Bonchev–Trinajstić information content (AvgIpc) is 3.07. The molecule has 128 valence electrons. The van der Waals surface area contributed by atoms with Gasteiger partial charge in [0.2, 0.25) is 0 Å². The second-order valence-corrected chi connectivity index (χ2v) is 5.74. The maximum absolute atomic E-state index is 14.3. The highest BCUT2D eigenvalue weighted by molar-refractivity contribution is 5.90. The van der Waals surface area contributed by atoms with Crippen molar-refractivity contribution in [2.75, 3.05) is 0 Å². The van der Waals surface area contributed by atoms with Crippen LogP contribution in [0.2, 0.25) is 0 Å². The van der Waals surface area contributed by atoms with E-state index in [2.05, 4.69) is 5.16 Å². The number of halogens is 2. The minimum atomic E-state index is -0.715. The van der Waals surface area contributed by atoms with Gasteiger partial charge in [-0.1, -0.05) is 41.6 Å². The summed E-state index contributed by atoms with van der Waals surface area (Å²) < 4.78 is 34.2. The highest BCUT2D eigenvalue weighted by atomic mass is 19.1. The summed E-state index contributed by atoms with van der Waals surface area (Å²) in [6, 6.07) is 19.1. The van der Waals surface area contributed by atoms with E-state index in [1.807, 2.05) is 30.3 Å².